The Kier molecular flexibility index (Phi) is 3.11. The van der Waals surface area contributed by atoms with Crippen LogP contribution in [0.1, 0.15) is 49.9 Å². The van der Waals surface area contributed by atoms with Crippen LogP contribution in [-0.4, -0.2) is 24.5 Å². The van der Waals surface area contributed by atoms with Crippen molar-refractivity contribution in [2.24, 2.45) is 5.92 Å². The summed E-state index contributed by atoms with van der Waals surface area (Å²) in [6, 6.07) is 3.83. The van der Waals surface area contributed by atoms with Gasteiger partial charge in [0.25, 0.3) is 0 Å². The van der Waals surface area contributed by atoms with Gasteiger partial charge in [-0.25, -0.2) is 0 Å². The Bertz CT molecular complexity index is 854. The van der Waals surface area contributed by atoms with E-state index < -0.39 is 0 Å². The predicted molar refractivity (Wildman–Crippen MR) is 88.9 cm³/mol. The summed E-state index contributed by atoms with van der Waals surface area (Å²) in [6.07, 6.45) is 9.92. The maximum absolute atomic E-state index is 5.60. The summed E-state index contributed by atoms with van der Waals surface area (Å²) in [5.74, 6) is 3.95. The van der Waals surface area contributed by atoms with E-state index in [1.807, 2.05) is 23.0 Å². The third-order valence-corrected chi connectivity index (χ3v) is 5.62. The number of fused-ring (bicyclic) bond motifs is 3. The highest BCUT2D eigenvalue weighted by atomic mass is 16.3. The predicted octanol–water partition coefficient (Wildman–Crippen LogP) is 3.57. The summed E-state index contributed by atoms with van der Waals surface area (Å²) in [7, 11) is 0. The number of hydrogen-bond donors (Lipinski definition) is 0. The molecule has 0 saturated heterocycles. The van der Waals surface area contributed by atoms with Crippen LogP contribution in [-0.2, 0) is 13.0 Å². The molecule has 4 heterocycles. The van der Waals surface area contributed by atoms with Gasteiger partial charge in [-0.1, -0.05) is 19.8 Å². The fraction of sp³-hybridized carbons (Fsp3) is 0.500. The molecule has 1 aliphatic heterocycles. The molecule has 2 aliphatic rings. The maximum Gasteiger partial charge on any atom is 0.220 e. The Morgan fingerprint density at radius 1 is 1.25 bits per heavy atom. The van der Waals surface area contributed by atoms with E-state index in [2.05, 4.69) is 26.8 Å². The van der Waals surface area contributed by atoms with Crippen molar-refractivity contribution in [3.05, 3.63) is 36.0 Å². The summed E-state index contributed by atoms with van der Waals surface area (Å²) in [4.78, 5) is 0. The molecule has 1 unspecified atom stereocenters. The number of nitrogens with zero attached hydrogens (tertiary/aromatic N) is 5. The SMILES string of the molecule is CCc1nnc2n1CC(C1CCCC1)c1cnn(-c3ccco3)c1-2. The highest BCUT2D eigenvalue weighted by Crippen LogP contribution is 2.45. The van der Waals surface area contributed by atoms with Crippen LogP contribution in [0.5, 0.6) is 0 Å². The van der Waals surface area contributed by atoms with E-state index in [9.17, 15) is 0 Å². The first kappa shape index (κ1) is 14.0. The Labute approximate surface area is 140 Å². The highest BCUT2D eigenvalue weighted by Gasteiger charge is 2.37. The molecule has 5 rings (SSSR count). The van der Waals surface area contributed by atoms with Crippen LogP contribution in [0.3, 0.4) is 0 Å². The lowest BCUT2D eigenvalue weighted by atomic mass is 9.83. The van der Waals surface area contributed by atoms with Crippen molar-refractivity contribution in [1.29, 1.82) is 0 Å². The third-order valence-electron chi connectivity index (χ3n) is 5.62. The fourth-order valence-electron chi connectivity index (χ4n) is 4.44. The van der Waals surface area contributed by atoms with Crippen molar-refractivity contribution in [2.45, 2.75) is 51.5 Å². The van der Waals surface area contributed by atoms with Gasteiger partial charge in [-0.15, -0.1) is 10.2 Å². The molecule has 1 saturated carbocycles. The molecule has 0 amide bonds. The first-order valence-electron chi connectivity index (χ1n) is 8.91. The molecule has 6 heteroatoms. The summed E-state index contributed by atoms with van der Waals surface area (Å²) in [6.45, 7) is 3.12. The van der Waals surface area contributed by atoms with Gasteiger partial charge in [-0.2, -0.15) is 9.78 Å². The van der Waals surface area contributed by atoms with E-state index in [4.69, 9.17) is 4.42 Å². The molecule has 0 N–H and O–H groups in total. The zero-order chi connectivity index (χ0) is 16.1. The average Bonchev–Trinajstić information content (AvgIpc) is 3.39. The largest absolute Gasteiger partial charge is 0.447 e. The number of furan rings is 1. The molecular weight excluding hydrogens is 302 g/mol. The zero-order valence-electron chi connectivity index (χ0n) is 13.9. The van der Waals surface area contributed by atoms with Crippen molar-refractivity contribution in [2.75, 3.05) is 0 Å². The summed E-state index contributed by atoms with van der Waals surface area (Å²) >= 11 is 0. The summed E-state index contributed by atoms with van der Waals surface area (Å²) < 4.78 is 9.78. The fourth-order valence-corrected chi connectivity index (χ4v) is 4.44. The van der Waals surface area contributed by atoms with Gasteiger partial charge >= 0.3 is 0 Å². The molecule has 0 spiro atoms. The van der Waals surface area contributed by atoms with E-state index in [0.29, 0.717) is 5.92 Å². The van der Waals surface area contributed by atoms with Gasteiger partial charge in [0, 0.05) is 30.5 Å². The second-order valence-electron chi connectivity index (χ2n) is 6.87. The van der Waals surface area contributed by atoms with E-state index in [-0.39, 0.29) is 0 Å². The molecule has 0 bridgehead atoms. The summed E-state index contributed by atoms with van der Waals surface area (Å²) in [5, 5.41) is 13.5. The van der Waals surface area contributed by atoms with Crippen molar-refractivity contribution in [3.8, 4) is 17.4 Å². The minimum atomic E-state index is 0.500. The molecule has 3 aromatic heterocycles. The monoisotopic (exact) mass is 323 g/mol. The molecule has 1 fully saturated rings. The van der Waals surface area contributed by atoms with Crippen LogP contribution in [0.4, 0.5) is 0 Å². The van der Waals surface area contributed by atoms with Crippen LogP contribution < -0.4 is 0 Å². The van der Waals surface area contributed by atoms with Gasteiger partial charge < -0.3 is 8.98 Å². The van der Waals surface area contributed by atoms with Gasteiger partial charge in [0.1, 0.15) is 11.5 Å². The van der Waals surface area contributed by atoms with Gasteiger partial charge in [-0.05, 0) is 24.8 Å². The van der Waals surface area contributed by atoms with Gasteiger partial charge in [0.2, 0.25) is 5.88 Å². The average molecular weight is 323 g/mol. The summed E-state index contributed by atoms with van der Waals surface area (Å²) in [5.41, 5.74) is 2.36. The normalized spacial score (nSPS) is 20.3. The zero-order valence-corrected chi connectivity index (χ0v) is 13.9. The standard InChI is InChI=1S/C18H21N5O/c1-2-15-20-21-18-17-13(10-19-23(17)16-8-5-9-24-16)14(11-22(15)18)12-6-3-4-7-12/h5,8-10,12,14H,2-4,6-7,11H2,1H3. The Morgan fingerprint density at radius 2 is 2.12 bits per heavy atom. The van der Waals surface area contributed by atoms with Crippen LogP contribution in [0.2, 0.25) is 0 Å². The van der Waals surface area contributed by atoms with E-state index in [1.165, 1.54) is 31.2 Å². The maximum atomic E-state index is 5.60. The van der Waals surface area contributed by atoms with Gasteiger partial charge in [0.05, 0.1) is 12.5 Å². The van der Waals surface area contributed by atoms with Crippen LogP contribution >= 0.6 is 0 Å². The molecule has 6 nitrogen and oxygen atoms in total. The van der Waals surface area contributed by atoms with Crippen molar-refractivity contribution in [3.63, 3.8) is 0 Å². The third kappa shape index (κ3) is 1.92. The Hall–Kier alpha value is -2.37. The van der Waals surface area contributed by atoms with Crippen LogP contribution in [0, 0.1) is 5.92 Å². The molecular formula is C18H21N5O. The smallest absolute Gasteiger partial charge is 0.220 e. The molecule has 0 radical (unpaired) electrons. The number of hydrogen-bond acceptors (Lipinski definition) is 4. The Balaban J connectivity index is 1.70. The molecule has 1 atom stereocenters. The topological polar surface area (TPSA) is 61.7 Å². The van der Waals surface area contributed by atoms with E-state index in [0.717, 1.165) is 42.1 Å². The Morgan fingerprint density at radius 3 is 2.88 bits per heavy atom. The first-order chi connectivity index (χ1) is 11.9. The van der Waals surface area contributed by atoms with Gasteiger partial charge in [0.15, 0.2) is 5.82 Å². The minimum absolute atomic E-state index is 0.500. The van der Waals surface area contributed by atoms with Crippen molar-refractivity contribution >= 4 is 0 Å². The highest BCUT2D eigenvalue weighted by molar-refractivity contribution is 5.61. The second kappa shape index (κ2) is 5.33. The van der Waals surface area contributed by atoms with E-state index in [1.54, 1.807) is 6.26 Å². The van der Waals surface area contributed by atoms with Crippen LogP contribution in [0.25, 0.3) is 17.4 Å². The van der Waals surface area contributed by atoms with Gasteiger partial charge in [-0.3, -0.25) is 0 Å². The molecule has 0 aromatic carbocycles. The van der Waals surface area contributed by atoms with Crippen molar-refractivity contribution in [1.82, 2.24) is 24.5 Å². The quantitative estimate of drug-likeness (QED) is 0.739. The molecule has 3 aromatic rings. The van der Waals surface area contributed by atoms with E-state index >= 15 is 0 Å². The minimum Gasteiger partial charge on any atom is -0.447 e. The van der Waals surface area contributed by atoms with Crippen molar-refractivity contribution < 1.29 is 4.42 Å². The first-order valence-corrected chi connectivity index (χ1v) is 8.91. The number of aromatic nitrogens is 5. The molecule has 124 valence electrons. The lowest BCUT2D eigenvalue weighted by Gasteiger charge is -2.29. The van der Waals surface area contributed by atoms with Crippen LogP contribution in [0.15, 0.2) is 29.0 Å². The molecule has 1 aliphatic carbocycles. The second-order valence-corrected chi connectivity index (χ2v) is 6.87. The number of rotatable bonds is 3. The molecule has 24 heavy (non-hydrogen) atoms. The number of aryl methyl sites for hydroxylation is 1. The lowest BCUT2D eigenvalue weighted by Crippen LogP contribution is -2.24. The lowest BCUT2D eigenvalue weighted by molar-refractivity contribution is 0.378.